The lowest BCUT2D eigenvalue weighted by atomic mass is 10.0. The second-order valence-corrected chi connectivity index (χ2v) is 6.85. The summed E-state index contributed by atoms with van der Waals surface area (Å²) in [7, 11) is 0. The lowest BCUT2D eigenvalue weighted by Crippen LogP contribution is -2.44. The van der Waals surface area contributed by atoms with Gasteiger partial charge in [-0.05, 0) is 56.7 Å². The van der Waals surface area contributed by atoms with Crippen LogP contribution in [0.2, 0.25) is 0 Å². The number of non-ortho nitro benzene ring substituents is 1. The van der Waals surface area contributed by atoms with Crippen LogP contribution in [0.1, 0.15) is 37.7 Å². The summed E-state index contributed by atoms with van der Waals surface area (Å²) in [6.45, 7) is 2.16. The fourth-order valence-electron chi connectivity index (χ4n) is 3.97. The topological polar surface area (TPSA) is 86.9 Å². The molecule has 0 unspecified atom stereocenters. The van der Waals surface area contributed by atoms with Gasteiger partial charge in [-0.15, -0.1) is 0 Å². The smallest absolute Gasteiger partial charge is 0.269 e. The van der Waals surface area contributed by atoms with Gasteiger partial charge in [-0.2, -0.15) is 0 Å². The van der Waals surface area contributed by atoms with E-state index in [4.69, 9.17) is 5.11 Å². The fourth-order valence-corrected chi connectivity index (χ4v) is 3.97. The quantitative estimate of drug-likeness (QED) is 0.629. The number of aryl methyl sites for hydroxylation is 1. The summed E-state index contributed by atoms with van der Waals surface area (Å²) >= 11 is 0. The maximum absolute atomic E-state index is 12.9. The van der Waals surface area contributed by atoms with Gasteiger partial charge in [0.05, 0.1) is 11.5 Å². The van der Waals surface area contributed by atoms with Gasteiger partial charge in [0.2, 0.25) is 5.91 Å². The molecule has 7 nitrogen and oxygen atoms in total. The first-order valence-electron chi connectivity index (χ1n) is 9.02. The minimum atomic E-state index is -0.392. The molecule has 25 heavy (non-hydrogen) atoms. The Morgan fingerprint density at radius 1 is 1.32 bits per heavy atom. The number of rotatable bonds is 6. The van der Waals surface area contributed by atoms with E-state index in [9.17, 15) is 14.9 Å². The second-order valence-electron chi connectivity index (χ2n) is 6.85. The van der Waals surface area contributed by atoms with E-state index in [0.29, 0.717) is 19.1 Å². The molecule has 0 aromatic heterocycles. The van der Waals surface area contributed by atoms with E-state index in [0.717, 1.165) is 56.3 Å². The first-order chi connectivity index (χ1) is 12.1. The van der Waals surface area contributed by atoms with E-state index in [1.165, 1.54) is 6.07 Å². The van der Waals surface area contributed by atoms with Crippen molar-refractivity contribution in [3.63, 3.8) is 0 Å². The summed E-state index contributed by atoms with van der Waals surface area (Å²) in [5, 5.41) is 20.0. The van der Waals surface area contributed by atoms with Gasteiger partial charge >= 0.3 is 0 Å². The van der Waals surface area contributed by atoms with Crippen molar-refractivity contribution < 1.29 is 14.8 Å². The standard InChI is InChI=1S/C18H25N3O4/c22-11-3-6-15-5-2-9-19(15)13-18(23)20-10-1-4-14-12-16(21(24)25)7-8-17(14)20/h7-8,12,15,22H,1-6,9-11,13H2/t15-/m1/s1. The number of fused-ring (bicyclic) bond motifs is 1. The number of nitro benzene ring substituents is 1. The van der Waals surface area contributed by atoms with Crippen molar-refractivity contribution in [2.75, 3.05) is 31.1 Å². The number of aliphatic hydroxyl groups is 1. The van der Waals surface area contributed by atoms with Crippen LogP contribution in [0.15, 0.2) is 18.2 Å². The lowest BCUT2D eigenvalue weighted by Gasteiger charge is -2.32. The Morgan fingerprint density at radius 2 is 2.16 bits per heavy atom. The molecule has 1 amide bonds. The van der Waals surface area contributed by atoms with Crippen molar-refractivity contribution in [2.24, 2.45) is 0 Å². The normalized spacial score (nSPS) is 20.5. The van der Waals surface area contributed by atoms with E-state index in [-0.39, 0.29) is 18.2 Å². The number of nitro groups is 1. The molecule has 1 N–H and O–H groups in total. The molecule has 7 heteroatoms. The molecule has 0 bridgehead atoms. The summed E-state index contributed by atoms with van der Waals surface area (Å²) in [6, 6.07) is 5.15. The Morgan fingerprint density at radius 3 is 2.92 bits per heavy atom. The number of hydrogen-bond acceptors (Lipinski definition) is 5. The van der Waals surface area contributed by atoms with Crippen LogP contribution in [-0.2, 0) is 11.2 Å². The lowest BCUT2D eigenvalue weighted by molar-refractivity contribution is -0.384. The van der Waals surface area contributed by atoms with Crippen LogP contribution < -0.4 is 4.90 Å². The molecule has 1 aromatic rings. The molecule has 0 radical (unpaired) electrons. The third-order valence-corrected chi connectivity index (χ3v) is 5.23. The minimum absolute atomic E-state index is 0.0608. The highest BCUT2D eigenvalue weighted by molar-refractivity contribution is 5.96. The Balaban J connectivity index is 1.70. The van der Waals surface area contributed by atoms with Crippen LogP contribution in [0, 0.1) is 10.1 Å². The summed E-state index contributed by atoms with van der Waals surface area (Å²) in [5.41, 5.74) is 1.77. The maximum atomic E-state index is 12.9. The zero-order chi connectivity index (χ0) is 17.8. The zero-order valence-electron chi connectivity index (χ0n) is 14.4. The zero-order valence-corrected chi connectivity index (χ0v) is 14.4. The van der Waals surface area contributed by atoms with Crippen LogP contribution in [0.5, 0.6) is 0 Å². The van der Waals surface area contributed by atoms with Gasteiger partial charge in [0.25, 0.3) is 5.69 Å². The number of carbonyl (C=O) groups excluding carboxylic acids is 1. The Labute approximate surface area is 147 Å². The number of likely N-dealkylation sites (tertiary alicyclic amines) is 1. The average Bonchev–Trinajstić information content (AvgIpc) is 3.05. The number of anilines is 1. The third-order valence-electron chi connectivity index (χ3n) is 5.23. The predicted molar refractivity (Wildman–Crippen MR) is 94.7 cm³/mol. The Bertz CT molecular complexity index is 649. The molecule has 0 aliphatic carbocycles. The SMILES string of the molecule is O=C(CN1CCC[C@@H]1CCCO)N1CCCc2cc([N+](=O)[O-])ccc21. The molecule has 0 saturated carbocycles. The maximum Gasteiger partial charge on any atom is 0.269 e. The Hall–Kier alpha value is -1.99. The van der Waals surface area contributed by atoms with Gasteiger partial charge < -0.3 is 10.0 Å². The fraction of sp³-hybridized carbons (Fsp3) is 0.611. The molecule has 0 spiro atoms. The van der Waals surface area contributed by atoms with Crippen molar-refractivity contribution in [1.82, 2.24) is 4.90 Å². The molecular formula is C18H25N3O4. The number of carbonyl (C=O) groups is 1. The largest absolute Gasteiger partial charge is 0.396 e. The molecule has 1 saturated heterocycles. The van der Waals surface area contributed by atoms with Crippen molar-refractivity contribution in [1.29, 1.82) is 0 Å². The van der Waals surface area contributed by atoms with E-state index < -0.39 is 4.92 Å². The van der Waals surface area contributed by atoms with Crippen molar-refractivity contribution in [3.8, 4) is 0 Å². The highest BCUT2D eigenvalue weighted by Gasteiger charge is 2.30. The first kappa shape index (κ1) is 17.8. The molecular weight excluding hydrogens is 322 g/mol. The molecule has 1 atom stereocenters. The van der Waals surface area contributed by atoms with Crippen molar-refractivity contribution in [2.45, 2.75) is 44.6 Å². The second kappa shape index (κ2) is 7.93. The highest BCUT2D eigenvalue weighted by Crippen LogP contribution is 2.31. The number of nitrogens with zero attached hydrogens (tertiary/aromatic N) is 3. The molecule has 2 aliphatic rings. The molecule has 1 fully saturated rings. The van der Waals surface area contributed by atoms with Gasteiger partial charge in [0, 0.05) is 37.0 Å². The molecule has 1 aromatic carbocycles. The van der Waals surface area contributed by atoms with E-state index in [1.54, 1.807) is 17.0 Å². The summed E-state index contributed by atoms with van der Waals surface area (Å²) in [5.74, 6) is 0.0608. The van der Waals surface area contributed by atoms with Gasteiger partial charge in [-0.1, -0.05) is 0 Å². The van der Waals surface area contributed by atoms with Crippen LogP contribution in [0.25, 0.3) is 0 Å². The predicted octanol–water partition coefficient (Wildman–Crippen LogP) is 2.11. The summed E-state index contributed by atoms with van der Waals surface area (Å²) in [4.78, 5) is 27.4. The van der Waals surface area contributed by atoms with Gasteiger partial charge in [0.1, 0.15) is 0 Å². The molecule has 2 aliphatic heterocycles. The van der Waals surface area contributed by atoms with E-state index >= 15 is 0 Å². The highest BCUT2D eigenvalue weighted by atomic mass is 16.6. The van der Waals surface area contributed by atoms with Gasteiger partial charge in [0.15, 0.2) is 0 Å². The first-order valence-corrected chi connectivity index (χ1v) is 9.02. The van der Waals surface area contributed by atoms with Crippen LogP contribution in [-0.4, -0.2) is 53.1 Å². The van der Waals surface area contributed by atoms with Gasteiger partial charge in [-0.3, -0.25) is 19.8 Å². The van der Waals surface area contributed by atoms with E-state index in [1.807, 2.05) is 0 Å². The average molecular weight is 347 g/mol. The minimum Gasteiger partial charge on any atom is -0.396 e. The summed E-state index contributed by atoms with van der Waals surface area (Å²) in [6.07, 6.45) is 5.46. The number of amides is 1. The molecule has 2 heterocycles. The molecule has 136 valence electrons. The number of hydrogen-bond donors (Lipinski definition) is 1. The van der Waals surface area contributed by atoms with Crippen molar-refractivity contribution >= 4 is 17.3 Å². The third kappa shape index (κ3) is 3.99. The van der Waals surface area contributed by atoms with Crippen LogP contribution in [0.3, 0.4) is 0 Å². The summed E-state index contributed by atoms with van der Waals surface area (Å²) < 4.78 is 0. The Kier molecular flexibility index (Phi) is 5.65. The van der Waals surface area contributed by atoms with Crippen LogP contribution in [0.4, 0.5) is 11.4 Å². The van der Waals surface area contributed by atoms with Gasteiger partial charge in [-0.25, -0.2) is 0 Å². The monoisotopic (exact) mass is 347 g/mol. The molecule has 3 rings (SSSR count). The number of benzene rings is 1. The van der Waals surface area contributed by atoms with E-state index in [2.05, 4.69) is 4.90 Å². The van der Waals surface area contributed by atoms with Crippen molar-refractivity contribution in [3.05, 3.63) is 33.9 Å². The van der Waals surface area contributed by atoms with Crippen LogP contribution >= 0.6 is 0 Å². The number of aliphatic hydroxyl groups excluding tert-OH is 1.